The molecule has 0 spiro atoms. The lowest BCUT2D eigenvalue weighted by Crippen LogP contribution is -2.18. The summed E-state index contributed by atoms with van der Waals surface area (Å²) in [5.41, 5.74) is 0. The van der Waals surface area contributed by atoms with Gasteiger partial charge in [0.1, 0.15) is 6.67 Å². The molecule has 0 saturated carbocycles. The molecule has 1 aliphatic rings. The highest BCUT2D eigenvalue weighted by atomic mass is 15.4. The molecule has 5 heteroatoms. The van der Waals surface area contributed by atoms with Crippen molar-refractivity contribution in [2.24, 2.45) is 4.99 Å². The van der Waals surface area contributed by atoms with E-state index in [1.54, 1.807) is 12.4 Å². The smallest absolute Gasteiger partial charge is 0.176 e. The van der Waals surface area contributed by atoms with Gasteiger partial charge in [0.05, 0.1) is 6.20 Å². The van der Waals surface area contributed by atoms with Gasteiger partial charge in [-0.3, -0.25) is 4.99 Å². The molecule has 1 aromatic heterocycles. The normalized spacial score (nSPS) is 15.8. The first-order valence-corrected chi connectivity index (χ1v) is 3.26. The molecule has 2 heterocycles. The highest BCUT2D eigenvalue weighted by Gasteiger charge is 2.04. The summed E-state index contributed by atoms with van der Waals surface area (Å²) in [7, 11) is 0. The Hall–Kier alpha value is -1.65. The number of rotatable bonds is 1. The van der Waals surface area contributed by atoms with Crippen LogP contribution < -0.4 is 4.90 Å². The summed E-state index contributed by atoms with van der Waals surface area (Å²) in [6, 6.07) is 0. The van der Waals surface area contributed by atoms with Crippen LogP contribution in [0.3, 0.4) is 0 Å². The van der Waals surface area contributed by atoms with E-state index in [9.17, 15) is 0 Å². The minimum atomic E-state index is 0.614. The van der Waals surface area contributed by atoms with Crippen LogP contribution in [-0.4, -0.2) is 28.3 Å². The van der Waals surface area contributed by atoms with Crippen molar-refractivity contribution in [2.45, 2.75) is 0 Å². The first-order chi connectivity index (χ1) is 5.47. The second-order valence-corrected chi connectivity index (χ2v) is 2.11. The predicted molar refractivity (Wildman–Crippen MR) is 41.4 cm³/mol. The SMILES string of the molecule is C1=CN(c2cn[nH]n2)CN=C1. The number of anilines is 1. The fourth-order valence-electron chi connectivity index (χ4n) is 0.868. The van der Waals surface area contributed by atoms with Crippen molar-refractivity contribution in [3.8, 4) is 0 Å². The number of nitrogens with one attached hydrogen (secondary N) is 1. The van der Waals surface area contributed by atoms with E-state index in [0.717, 1.165) is 5.82 Å². The molecule has 0 aromatic carbocycles. The summed E-state index contributed by atoms with van der Waals surface area (Å²) in [5, 5.41) is 10.1. The van der Waals surface area contributed by atoms with Gasteiger partial charge in [-0.25, -0.2) is 0 Å². The maximum atomic E-state index is 4.05. The molecule has 2 rings (SSSR count). The van der Waals surface area contributed by atoms with Crippen molar-refractivity contribution in [2.75, 3.05) is 11.6 Å². The number of aromatic nitrogens is 3. The van der Waals surface area contributed by atoms with E-state index in [0.29, 0.717) is 6.67 Å². The Morgan fingerprint density at radius 2 is 2.55 bits per heavy atom. The summed E-state index contributed by atoms with van der Waals surface area (Å²) in [6.07, 6.45) is 7.19. The van der Waals surface area contributed by atoms with Gasteiger partial charge in [0, 0.05) is 12.4 Å². The third kappa shape index (κ3) is 1.12. The Morgan fingerprint density at radius 1 is 1.55 bits per heavy atom. The monoisotopic (exact) mass is 149 g/mol. The quantitative estimate of drug-likeness (QED) is 0.619. The lowest BCUT2D eigenvalue weighted by molar-refractivity contribution is 0.902. The number of aliphatic imine (C=N–C) groups is 1. The zero-order chi connectivity index (χ0) is 7.52. The van der Waals surface area contributed by atoms with E-state index in [-0.39, 0.29) is 0 Å². The maximum Gasteiger partial charge on any atom is 0.176 e. The summed E-state index contributed by atoms with van der Waals surface area (Å²) in [5.74, 6) is 0.790. The van der Waals surface area contributed by atoms with Gasteiger partial charge >= 0.3 is 0 Å². The van der Waals surface area contributed by atoms with Crippen LogP contribution >= 0.6 is 0 Å². The molecule has 56 valence electrons. The van der Waals surface area contributed by atoms with E-state index in [1.807, 2.05) is 17.2 Å². The molecule has 5 nitrogen and oxygen atoms in total. The second kappa shape index (κ2) is 2.53. The fourth-order valence-corrected chi connectivity index (χ4v) is 0.868. The molecule has 0 fully saturated rings. The van der Waals surface area contributed by atoms with Crippen LogP contribution in [0.4, 0.5) is 5.82 Å². The highest BCUT2D eigenvalue weighted by molar-refractivity contribution is 5.73. The fraction of sp³-hybridized carbons (Fsp3) is 0.167. The van der Waals surface area contributed by atoms with Crippen molar-refractivity contribution >= 4 is 12.0 Å². The van der Waals surface area contributed by atoms with Crippen molar-refractivity contribution in [3.63, 3.8) is 0 Å². The zero-order valence-electron chi connectivity index (χ0n) is 5.81. The van der Waals surface area contributed by atoms with Crippen LogP contribution in [0.5, 0.6) is 0 Å². The lowest BCUT2D eigenvalue weighted by atomic mass is 10.5. The van der Waals surface area contributed by atoms with Crippen molar-refractivity contribution < 1.29 is 0 Å². The van der Waals surface area contributed by atoms with Crippen LogP contribution in [0.1, 0.15) is 0 Å². The summed E-state index contributed by atoms with van der Waals surface area (Å²) in [4.78, 5) is 5.94. The van der Waals surface area contributed by atoms with Crippen molar-refractivity contribution in [1.82, 2.24) is 15.4 Å². The number of H-pyrrole nitrogens is 1. The van der Waals surface area contributed by atoms with Gasteiger partial charge < -0.3 is 4.90 Å². The molecule has 0 unspecified atom stereocenters. The van der Waals surface area contributed by atoms with Gasteiger partial charge in [-0.05, 0) is 6.08 Å². The number of hydrogen-bond donors (Lipinski definition) is 1. The Bertz CT molecular complexity index is 273. The predicted octanol–water partition coefficient (Wildman–Crippen LogP) is 0.167. The number of allylic oxidation sites excluding steroid dienone is 1. The second-order valence-electron chi connectivity index (χ2n) is 2.11. The van der Waals surface area contributed by atoms with Gasteiger partial charge in [0.15, 0.2) is 5.82 Å². The van der Waals surface area contributed by atoms with E-state index in [2.05, 4.69) is 20.4 Å². The average molecular weight is 149 g/mol. The number of nitrogens with zero attached hydrogens (tertiary/aromatic N) is 4. The third-order valence-corrected chi connectivity index (χ3v) is 1.39. The first kappa shape index (κ1) is 6.09. The standard InChI is InChI=1S/C6H7N5/c1-2-7-5-11(3-1)6-4-8-10-9-6/h1-4H,5H2,(H,8,9,10). The van der Waals surface area contributed by atoms with E-state index in [4.69, 9.17) is 0 Å². The Labute approximate surface area is 63.4 Å². The largest absolute Gasteiger partial charge is 0.310 e. The molecular formula is C6H7N5. The molecule has 0 radical (unpaired) electrons. The van der Waals surface area contributed by atoms with Crippen molar-refractivity contribution in [1.29, 1.82) is 0 Å². The lowest BCUT2D eigenvalue weighted by Gasteiger charge is -2.15. The van der Waals surface area contributed by atoms with Crippen LogP contribution in [-0.2, 0) is 0 Å². The Morgan fingerprint density at radius 3 is 3.18 bits per heavy atom. The van der Waals surface area contributed by atoms with Gasteiger partial charge in [-0.2, -0.15) is 10.3 Å². The minimum Gasteiger partial charge on any atom is -0.310 e. The van der Waals surface area contributed by atoms with Crippen molar-refractivity contribution in [3.05, 3.63) is 18.5 Å². The van der Waals surface area contributed by atoms with Crippen LogP contribution in [0.2, 0.25) is 0 Å². The number of hydrogen-bond acceptors (Lipinski definition) is 4. The molecule has 1 aliphatic heterocycles. The molecule has 0 bridgehead atoms. The molecular weight excluding hydrogens is 142 g/mol. The Kier molecular flexibility index (Phi) is 1.40. The van der Waals surface area contributed by atoms with Gasteiger partial charge in [-0.1, -0.05) is 0 Å². The van der Waals surface area contributed by atoms with Gasteiger partial charge in [0.2, 0.25) is 0 Å². The molecule has 0 aliphatic carbocycles. The molecule has 0 atom stereocenters. The van der Waals surface area contributed by atoms with Crippen LogP contribution in [0, 0.1) is 0 Å². The molecule has 0 amide bonds. The van der Waals surface area contributed by atoms with E-state index < -0.39 is 0 Å². The summed E-state index contributed by atoms with van der Waals surface area (Å²) < 4.78 is 0. The highest BCUT2D eigenvalue weighted by Crippen LogP contribution is 2.08. The van der Waals surface area contributed by atoms with Gasteiger partial charge in [-0.15, -0.1) is 5.10 Å². The van der Waals surface area contributed by atoms with E-state index >= 15 is 0 Å². The third-order valence-electron chi connectivity index (χ3n) is 1.39. The number of aromatic amines is 1. The first-order valence-electron chi connectivity index (χ1n) is 3.26. The van der Waals surface area contributed by atoms with E-state index in [1.165, 1.54) is 0 Å². The van der Waals surface area contributed by atoms with Gasteiger partial charge in [0.25, 0.3) is 0 Å². The molecule has 0 saturated heterocycles. The average Bonchev–Trinajstić information content (AvgIpc) is 2.58. The minimum absolute atomic E-state index is 0.614. The topological polar surface area (TPSA) is 57.2 Å². The zero-order valence-corrected chi connectivity index (χ0v) is 5.81. The summed E-state index contributed by atoms with van der Waals surface area (Å²) >= 11 is 0. The maximum absolute atomic E-state index is 4.05. The molecule has 1 aromatic rings. The van der Waals surface area contributed by atoms with Crippen LogP contribution in [0.25, 0.3) is 0 Å². The molecule has 1 N–H and O–H groups in total. The summed E-state index contributed by atoms with van der Waals surface area (Å²) in [6.45, 7) is 0.614. The van der Waals surface area contributed by atoms with Crippen LogP contribution in [0.15, 0.2) is 23.5 Å². The Balaban J connectivity index is 2.19. The molecule has 11 heavy (non-hydrogen) atoms.